The van der Waals surface area contributed by atoms with Crippen LogP contribution in [-0.4, -0.2) is 18.8 Å². The topological polar surface area (TPSA) is 44.5 Å². The predicted molar refractivity (Wildman–Crippen MR) is 75.6 cm³/mol. The fourth-order valence-electron chi connectivity index (χ4n) is 3.51. The fourth-order valence-corrected chi connectivity index (χ4v) is 3.69. The second-order valence-electron chi connectivity index (χ2n) is 5.63. The van der Waals surface area contributed by atoms with Crippen molar-refractivity contribution in [2.45, 2.75) is 49.9 Å². The van der Waals surface area contributed by atoms with Crippen LogP contribution in [0, 0.1) is 0 Å². The maximum atomic E-state index is 6.34. The van der Waals surface area contributed by atoms with E-state index in [9.17, 15) is 0 Å². The van der Waals surface area contributed by atoms with Gasteiger partial charge in [0.1, 0.15) is 11.4 Å². The SMILES string of the molecule is COC1CCCCC12CC(N)c1cc(Cl)ccc1O2. The molecular weight excluding hydrogens is 262 g/mol. The van der Waals surface area contributed by atoms with Gasteiger partial charge in [-0.05, 0) is 37.5 Å². The lowest BCUT2D eigenvalue weighted by molar-refractivity contribution is -0.114. The van der Waals surface area contributed by atoms with Gasteiger partial charge in [-0.15, -0.1) is 0 Å². The van der Waals surface area contributed by atoms with Crippen molar-refractivity contribution in [3.8, 4) is 5.75 Å². The summed E-state index contributed by atoms with van der Waals surface area (Å²) in [7, 11) is 1.77. The van der Waals surface area contributed by atoms with E-state index in [0.717, 1.165) is 30.6 Å². The van der Waals surface area contributed by atoms with Gasteiger partial charge in [-0.25, -0.2) is 0 Å². The number of ether oxygens (including phenoxy) is 2. The zero-order valence-corrected chi connectivity index (χ0v) is 12.0. The highest BCUT2D eigenvalue weighted by Gasteiger charge is 2.47. The monoisotopic (exact) mass is 281 g/mol. The molecule has 3 unspecified atom stereocenters. The molecule has 1 heterocycles. The fraction of sp³-hybridized carbons (Fsp3) is 0.600. The van der Waals surface area contributed by atoms with Crippen molar-refractivity contribution in [3.63, 3.8) is 0 Å². The molecule has 1 aromatic carbocycles. The lowest BCUT2D eigenvalue weighted by Crippen LogP contribution is -2.54. The molecule has 19 heavy (non-hydrogen) atoms. The first-order valence-electron chi connectivity index (χ1n) is 6.91. The van der Waals surface area contributed by atoms with E-state index in [4.69, 9.17) is 26.8 Å². The van der Waals surface area contributed by atoms with Crippen LogP contribution in [-0.2, 0) is 4.74 Å². The number of halogens is 1. The number of benzene rings is 1. The molecule has 3 atom stereocenters. The molecule has 1 aromatic rings. The summed E-state index contributed by atoms with van der Waals surface area (Å²) in [5.74, 6) is 0.868. The Balaban J connectivity index is 1.97. The summed E-state index contributed by atoms with van der Waals surface area (Å²) in [6.45, 7) is 0. The van der Waals surface area contributed by atoms with E-state index in [1.165, 1.54) is 12.8 Å². The Morgan fingerprint density at radius 3 is 3.05 bits per heavy atom. The van der Waals surface area contributed by atoms with Gasteiger partial charge in [-0.2, -0.15) is 0 Å². The van der Waals surface area contributed by atoms with Crippen LogP contribution < -0.4 is 10.5 Å². The maximum absolute atomic E-state index is 6.34. The highest BCUT2D eigenvalue weighted by atomic mass is 35.5. The summed E-state index contributed by atoms with van der Waals surface area (Å²) >= 11 is 6.04. The van der Waals surface area contributed by atoms with Gasteiger partial charge in [0.2, 0.25) is 0 Å². The summed E-state index contributed by atoms with van der Waals surface area (Å²) < 4.78 is 12.0. The molecule has 2 aliphatic rings. The molecule has 3 rings (SSSR count). The van der Waals surface area contributed by atoms with Gasteiger partial charge in [0.15, 0.2) is 0 Å². The van der Waals surface area contributed by atoms with Crippen molar-refractivity contribution in [2.75, 3.05) is 7.11 Å². The minimum atomic E-state index is -0.257. The van der Waals surface area contributed by atoms with E-state index in [-0.39, 0.29) is 17.7 Å². The zero-order chi connectivity index (χ0) is 13.5. The highest BCUT2D eigenvalue weighted by Crippen LogP contribution is 2.46. The molecule has 1 aliphatic carbocycles. The van der Waals surface area contributed by atoms with Crippen molar-refractivity contribution in [2.24, 2.45) is 5.73 Å². The van der Waals surface area contributed by atoms with Crippen LogP contribution >= 0.6 is 11.6 Å². The van der Waals surface area contributed by atoms with Crippen LogP contribution in [0.1, 0.15) is 43.7 Å². The molecule has 0 aromatic heterocycles. The molecule has 1 spiro atoms. The lowest BCUT2D eigenvalue weighted by atomic mass is 9.75. The number of rotatable bonds is 1. The van der Waals surface area contributed by atoms with Crippen LogP contribution in [0.15, 0.2) is 18.2 Å². The van der Waals surface area contributed by atoms with E-state index in [1.54, 1.807) is 7.11 Å². The summed E-state index contributed by atoms with van der Waals surface area (Å²) in [5, 5.41) is 0.709. The number of hydrogen-bond acceptors (Lipinski definition) is 3. The molecule has 1 saturated carbocycles. The van der Waals surface area contributed by atoms with Crippen LogP contribution in [0.5, 0.6) is 5.75 Å². The minimum absolute atomic E-state index is 0.0294. The highest BCUT2D eigenvalue weighted by molar-refractivity contribution is 6.30. The Bertz CT molecular complexity index is 479. The number of hydrogen-bond donors (Lipinski definition) is 1. The summed E-state index contributed by atoms with van der Waals surface area (Å²) in [5.41, 5.74) is 7.10. The first-order valence-corrected chi connectivity index (χ1v) is 7.29. The van der Waals surface area contributed by atoms with Crippen LogP contribution in [0.4, 0.5) is 0 Å². The van der Waals surface area contributed by atoms with E-state index in [1.807, 2.05) is 18.2 Å². The van der Waals surface area contributed by atoms with Crippen molar-refractivity contribution in [1.82, 2.24) is 0 Å². The van der Waals surface area contributed by atoms with Gasteiger partial charge in [-0.3, -0.25) is 0 Å². The standard InChI is InChI=1S/C15H20ClNO2/c1-18-14-4-2-3-7-15(14)9-12(17)11-8-10(16)5-6-13(11)19-15/h5-6,8,12,14H,2-4,7,9,17H2,1H3. The molecule has 0 bridgehead atoms. The molecule has 1 aliphatic heterocycles. The molecule has 0 radical (unpaired) electrons. The molecular formula is C15H20ClNO2. The Hall–Kier alpha value is -0.770. The number of fused-ring (bicyclic) bond motifs is 1. The molecule has 0 amide bonds. The minimum Gasteiger partial charge on any atom is -0.484 e. The number of nitrogens with two attached hydrogens (primary N) is 1. The maximum Gasteiger partial charge on any atom is 0.137 e. The van der Waals surface area contributed by atoms with Crippen LogP contribution in [0.25, 0.3) is 0 Å². The second-order valence-corrected chi connectivity index (χ2v) is 6.07. The van der Waals surface area contributed by atoms with Gasteiger partial charge >= 0.3 is 0 Å². The molecule has 0 saturated heterocycles. The van der Waals surface area contributed by atoms with Crippen molar-refractivity contribution >= 4 is 11.6 Å². The van der Waals surface area contributed by atoms with Crippen LogP contribution in [0.3, 0.4) is 0 Å². The third-order valence-electron chi connectivity index (χ3n) is 4.44. The van der Waals surface area contributed by atoms with E-state index in [2.05, 4.69) is 0 Å². The predicted octanol–water partition coefficient (Wildman–Crippen LogP) is 3.45. The second kappa shape index (κ2) is 4.97. The Kier molecular flexibility index (Phi) is 3.46. The van der Waals surface area contributed by atoms with E-state index >= 15 is 0 Å². The summed E-state index contributed by atoms with van der Waals surface area (Å²) in [4.78, 5) is 0. The summed E-state index contributed by atoms with van der Waals surface area (Å²) in [6.07, 6.45) is 5.38. The third kappa shape index (κ3) is 2.24. The van der Waals surface area contributed by atoms with Crippen molar-refractivity contribution in [3.05, 3.63) is 28.8 Å². The summed E-state index contributed by atoms with van der Waals surface area (Å²) in [6, 6.07) is 5.67. The normalized spacial score (nSPS) is 33.8. The first kappa shape index (κ1) is 13.2. The zero-order valence-electron chi connectivity index (χ0n) is 11.2. The van der Waals surface area contributed by atoms with Gasteiger partial charge in [0.05, 0.1) is 6.10 Å². The quantitative estimate of drug-likeness (QED) is 0.857. The lowest BCUT2D eigenvalue weighted by Gasteiger charge is -2.47. The number of methoxy groups -OCH3 is 1. The Labute approximate surface area is 119 Å². The van der Waals surface area contributed by atoms with Crippen molar-refractivity contribution in [1.29, 1.82) is 0 Å². The molecule has 104 valence electrons. The largest absolute Gasteiger partial charge is 0.484 e. The Morgan fingerprint density at radius 2 is 2.26 bits per heavy atom. The van der Waals surface area contributed by atoms with Gasteiger partial charge < -0.3 is 15.2 Å². The first-order chi connectivity index (χ1) is 9.14. The molecule has 1 fully saturated rings. The van der Waals surface area contributed by atoms with Gasteiger partial charge in [-0.1, -0.05) is 18.0 Å². The third-order valence-corrected chi connectivity index (χ3v) is 4.67. The van der Waals surface area contributed by atoms with E-state index < -0.39 is 0 Å². The van der Waals surface area contributed by atoms with Gasteiger partial charge in [0.25, 0.3) is 0 Å². The average Bonchev–Trinajstić information content (AvgIpc) is 2.40. The van der Waals surface area contributed by atoms with Crippen molar-refractivity contribution < 1.29 is 9.47 Å². The average molecular weight is 282 g/mol. The Morgan fingerprint density at radius 1 is 1.42 bits per heavy atom. The molecule has 4 heteroatoms. The van der Waals surface area contributed by atoms with E-state index in [0.29, 0.717) is 5.02 Å². The smallest absolute Gasteiger partial charge is 0.137 e. The molecule has 2 N–H and O–H groups in total. The van der Waals surface area contributed by atoms with Gasteiger partial charge in [0, 0.05) is 30.2 Å². The van der Waals surface area contributed by atoms with Crippen LogP contribution in [0.2, 0.25) is 5.02 Å². The molecule has 3 nitrogen and oxygen atoms in total.